The van der Waals surface area contributed by atoms with Crippen LogP contribution in [0.1, 0.15) is 12.0 Å². The minimum atomic E-state index is -0.0909. The Labute approximate surface area is 104 Å². The first-order valence-corrected chi connectivity index (χ1v) is 5.70. The molecule has 0 atom stereocenters. The lowest BCUT2D eigenvalue weighted by atomic mass is 10.1. The van der Waals surface area contributed by atoms with Gasteiger partial charge in [-0.05, 0) is 24.1 Å². The molecule has 88 valence electrons. The van der Waals surface area contributed by atoms with Crippen molar-refractivity contribution < 1.29 is 9.90 Å². The summed E-state index contributed by atoms with van der Waals surface area (Å²) in [6.07, 6.45) is 0.829. The predicted molar refractivity (Wildman–Crippen MR) is 64.9 cm³/mol. The molecule has 0 fully saturated rings. The van der Waals surface area contributed by atoms with Gasteiger partial charge in [-0.2, -0.15) is 0 Å². The fourth-order valence-corrected chi connectivity index (χ4v) is 1.53. The van der Waals surface area contributed by atoms with Gasteiger partial charge in [-0.1, -0.05) is 29.3 Å². The molecule has 0 saturated heterocycles. The molecule has 0 radical (unpaired) electrons. The third-order valence-electron chi connectivity index (χ3n) is 2.01. The molecule has 0 heterocycles. The van der Waals surface area contributed by atoms with Crippen LogP contribution in [-0.2, 0) is 11.2 Å². The molecule has 16 heavy (non-hydrogen) atoms. The highest BCUT2D eigenvalue weighted by atomic mass is 35.5. The van der Waals surface area contributed by atoms with E-state index in [1.54, 1.807) is 18.2 Å². The molecule has 3 nitrogen and oxygen atoms in total. The van der Waals surface area contributed by atoms with Gasteiger partial charge in [0.15, 0.2) is 0 Å². The largest absolute Gasteiger partial charge is 0.396 e. The maximum absolute atomic E-state index is 11.4. The van der Waals surface area contributed by atoms with Gasteiger partial charge in [-0.3, -0.25) is 4.79 Å². The van der Waals surface area contributed by atoms with Crippen molar-refractivity contribution in [2.75, 3.05) is 13.2 Å². The Kier molecular flexibility index (Phi) is 5.60. The van der Waals surface area contributed by atoms with Crippen molar-refractivity contribution in [3.05, 3.63) is 33.8 Å². The Balaban J connectivity index is 2.46. The third kappa shape index (κ3) is 4.39. The van der Waals surface area contributed by atoms with E-state index in [1.165, 1.54) is 0 Å². The number of carbonyl (C=O) groups is 1. The molecule has 1 rings (SSSR count). The molecule has 0 spiro atoms. The van der Waals surface area contributed by atoms with Crippen molar-refractivity contribution in [3.8, 4) is 0 Å². The minimum absolute atomic E-state index is 0.0764. The van der Waals surface area contributed by atoms with Crippen LogP contribution in [0, 0.1) is 0 Å². The van der Waals surface area contributed by atoms with Gasteiger partial charge in [0.05, 0.1) is 16.5 Å². The van der Waals surface area contributed by atoms with Crippen molar-refractivity contribution >= 4 is 29.1 Å². The zero-order valence-electron chi connectivity index (χ0n) is 8.67. The lowest BCUT2D eigenvalue weighted by molar-refractivity contribution is -0.120. The number of hydrogen-bond donors (Lipinski definition) is 2. The highest BCUT2D eigenvalue weighted by Crippen LogP contribution is 2.22. The van der Waals surface area contributed by atoms with Gasteiger partial charge in [0.2, 0.25) is 5.91 Å². The number of benzene rings is 1. The van der Waals surface area contributed by atoms with Crippen LogP contribution in [-0.4, -0.2) is 24.2 Å². The van der Waals surface area contributed by atoms with Gasteiger partial charge in [0, 0.05) is 13.2 Å². The van der Waals surface area contributed by atoms with Crippen molar-refractivity contribution in [3.63, 3.8) is 0 Å². The smallest absolute Gasteiger partial charge is 0.224 e. The number of hydrogen-bond acceptors (Lipinski definition) is 2. The van der Waals surface area contributed by atoms with E-state index in [4.69, 9.17) is 28.3 Å². The van der Waals surface area contributed by atoms with Gasteiger partial charge in [-0.15, -0.1) is 0 Å². The van der Waals surface area contributed by atoms with Gasteiger partial charge in [0.25, 0.3) is 0 Å². The van der Waals surface area contributed by atoms with Crippen molar-refractivity contribution in [1.82, 2.24) is 5.32 Å². The SMILES string of the molecule is O=C(Cc1ccc(Cl)c(Cl)c1)NCCCO. The monoisotopic (exact) mass is 261 g/mol. The molecular weight excluding hydrogens is 249 g/mol. The summed E-state index contributed by atoms with van der Waals surface area (Å²) < 4.78 is 0. The molecule has 0 aliphatic heterocycles. The summed E-state index contributed by atoms with van der Waals surface area (Å²) in [4.78, 5) is 11.4. The van der Waals surface area contributed by atoms with E-state index in [0.29, 0.717) is 23.0 Å². The second kappa shape index (κ2) is 6.74. The second-order valence-corrected chi connectivity index (χ2v) is 4.17. The lowest BCUT2D eigenvalue weighted by Gasteiger charge is -2.05. The second-order valence-electron chi connectivity index (χ2n) is 3.35. The molecule has 1 amide bonds. The summed E-state index contributed by atoms with van der Waals surface area (Å²) in [5, 5.41) is 12.2. The topological polar surface area (TPSA) is 49.3 Å². The fraction of sp³-hybridized carbons (Fsp3) is 0.364. The summed E-state index contributed by atoms with van der Waals surface area (Å²) in [7, 11) is 0. The van der Waals surface area contributed by atoms with Crippen LogP contribution in [0.4, 0.5) is 0 Å². The molecular formula is C11H13Cl2NO2. The average Bonchev–Trinajstić information content (AvgIpc) is 2.24. The first-order chi connectivity index (χ1) is 7.63. The molecule has 1 aromatic carbocycles. The standard InChI is InChI=1S/C11H13Cl2NO2/c12-9-3-2-8(6-10(9)13)7-11(16)14-4-1-5-15/h2-3,6,15H,1,4-5,7H2,(H,14,16). The zero-order valence-corrected chi connectivity index (χ0v) is 10.2. The molecule has 0 unspecified atom stereocenters. The molecule has 0 aliphatic carbocycles. The first-order valence-electron chi connectivity index (χ1n) is 4.95. The minimum Gasteiger partial charge on any atom is -0.396 e. The van der Waals surface area contributed by atoms with Crippen LogP contribution in [0.5, 0.6) is 0 Å². The highest BCUT2D eigenvalue weighted by Gasteiger charge is 2.04. The van der Waals surface area contributed by atoms with Crippen LogP contribution in [0.25, 0.3) is 0 Å². The van der Waals surface area contributed by atoms with E-state index < -0.39 is 0 Å². The summed E-state index contributed by atoms with van der Waals surface area (Å²) >= 11 is 11.6. The predicted octanol–water partition coefficient (Wildman–Crippen LogP) is 2.03. The van der Waals surface area contributed by atoms with Gasteiger partial charge >= 0.3 is 0 Å². The van der Waals surface area contributed by atoms with Crippen molar-refractivity contribution in [1.29, 1.82) is 0 Å². The van der Waals surface area contributed by atoms with E-state index in [0.717, 1.165) is 5.56 Å². The number of halogens is 2. The lowest BCUT2D eigenvalue weighted by Crippen LogP contribution is -2.26. The fourth-order valence-electron chi connectivity index (χ4n) is 1.20. The summed E-state index contributed by atoms with van der Waals surface area (Å²) in [6.45, 7) is 0.559. The number of aliphatic hydroxyl groups excluding tert-OH is 1. The zero-order chi connectivity index (χ0) is 12.0. The Hall–Kier alpha value is -0.770. The van der Waals surface area contributed by atoms with E-state index in [2.05, 4.69) is 5.32 Å². The van der Waals surface area contributed by atoms with Crippen LogP contribution >= 0.6 is 23.2 Å². The quantitative estimate of drug-likeness (QED) is 0.798. The highest BCUT2D eigenvalue weighted by molar-refractivity contribution is 6.42. The van der Waals surface area contributed by atoms with Crippen LogP contribution in [0.2, 0.25) is 10.0 Å². The van der Waals surface area contributed by atoms with Gasteiger partial charge in [-0.25, -0.2) is 0 Å². The molecule has 0 bridgehead atoms. The number of rotatable bonds is 5. The Bertz CT molecular complexity index is 369. The van der Waals surface area contributed by atoms with E-state index in [-0.39, 0.29) is 18.9 Å². The van der Waals surface area contributed by atoms with Crippen LogP contribution in [0.15, 0.2) is 18.2 Å². The third-order valence-corrected chi connectivity index (χ3v) is 2.74. The van der Waals surface area contributed by atoms with Gasteiger partial charge < -0.3 is 10.4 Å². The maximum Gasteiger partial charge on any atom is 0.224 e. The summed E-state index contributed by atoms with van der Waals surface area (Å²) in [6, 6.07) is 5.11. The van der Waals surface area contributed by atoms with Crippen LogP contribution in [0.3, 0.4) is 0 Å². The van der Waals surface area contributed by atoms with E-state index in [9.17, 15) is 4.79 Å². The number of nitrogens with one attached hydrogen (secondary N) is 1. The summed E-state index contributed by atoms with van der Waals surface area (Å²) in [5.41, 5.74) is 0.816. The van der Waals surface area contributed by atoms with Crippen molar-refractivity contribution in [2.24, 2.45) is 0 Å². The Morgan fingerprint density at radius 1 is 1.31 bits per heavy atom. The van der Waals surface area contributed by atoms with E-state index >= 15 is 0 Å². The Morgan fingerprint density at radius 3 is 2.69 bits per heavy atom. The molecule has 5 heteroatoms. The number of amides is 1. The first kappa shape index (κ1) is 13.3. The maximum atomic E-state index is 11.4. The molecule has 0 saturated carbocycles. The number of aliphatic hydroxyl groups is 1. The summed E-state index contributed by atoms with van der Waals surface area (Å²) in [5.74, 6) is -0.0909. The number of carbonyl (C=O) groups excluding carboxylic acids is 1. The molecule has 2 N–H and O–H groups in total. The normalized spacial score (nSPS) is 10.2. The molecule has 1 aromatic rings. The van der Waals surface area contributed by atoms with Gasteiger partial charge in [0.1, 0.15) is 0 Å². The Morgan fingerprint density at radius 2 is 2.06 bits per heavy atom. The molecule has 0 aromatic heterocycles. The van der Waals surface area contributed by atoms with Crippen LogP contribution < -0.4 is 5.32 Å². The van der Waals surface area contributed by atoms with Crippen molar-refractivity contribution in [2.45, 2.75) is 12.8 Å². The van der Waals surface area contributed by atoms with E-state index in [1.807, 2.05) is 0 Å². The average molecular weight is 262 g/mol. The molecule has 0 aliphatic rings.